The fraction of sp³-hybridized carbons (Fsp3) is 0.682. The zero-order valence-corrected chi connectivity index (χ0v) is 20.6. The maximum atomic E-state index is 10.7. The summed E-state index contributed by atoms with van der Waals surface area (Å²) in [6.45, 7) is 7.39. The molecule has 2 fully saturated rings. The van der Waals surface area contributed by atoms with Gasteiger partial charge in [0.1, 0.15) is 5.75 Å². The molecule has 8 heteroatoms. The van der Waals surface area contributed by atoms with Gasteiger partial charge in [-0.2, -0.15) is 0 Å². The Bertz CT molecular complexity index is 662. The Morgan fingerprint density at radius 3 is 2.67 bits per heavy atom. The third kappa shape index (κ3) is 7.25. The Labute approximate surface area is 197 Å². The molecule has 3 N–H and O–H groups in total. The van der Waals surface area contributed by atoms with Crippen LogP contribution in [0.5, 0.6) is 5.75 Å². The molecular formula is C22H37IN4O3. The van der Waals surface area contributed by atoms with Crippen LogP contribution in [0.15, 0.2) is 29.3 Å². The third-order valence-corrected chi connectivity index (χ3v) is 5.82. The van der Waals surface area contributed by atoms with Gasteiger partial charge in [-0.25, -0.2) is 0 Å². The molecule has 2 aliphatic heterocycles. The van der Waals surface area contributed by atoms with Crippen LogP contribution in [0.1, 0.15) is 44.2 Å². The highest BCUT2D eigenvalue weighted by molar-refractivity contribution is 14.0. The Morgan fingerprint density at radius 1 is 1.27 bits per heavy atom. The van der Waals surface area contributed by atoms with Crippen LogP contribution in [-0.4, -0.2) is 74.6 Å². The summed E-state index contributed by atoms with van der Waals surface area (Å²) in [5.41, 5.74) is 0.486. The summed E-state index contributed by atoms with van der Waals surface area (Å²) in [6.07, 6.45) is 3.75. The highest BCUT2D eigenvalue weighted by Crippen LogP contribution is 2.27. The molecule has 0 aromatic heterocycles. The number of halogens is 1. The first-order chi connectivity index (χ1) is 14.1. The molecule has 2 saturated heterocycles. The maximum absolute atomic E-state index is 10.7. The van der Waals surface area contributed by atoms with Crippen LogP contribution in [0.4, 0.5) is 0 Å². The Kier molecular flexibility index (Phi) is 10.6. The van der Waals surface area contributed by atoms with Gasteiger partial charge >= 0.3 is 0 Å². The number of guanidine groups is 1. The minimum Gasteiger partial charge on any atom is -0.497 e. The number of aliphatic imine (C=N–C) groups is 1. The van der Waals surface area contributed by atoms with Crippen molar-refractivity contribution < 1.29 is 14.6 Å². The topological polar surface area (TPSA) is 78.4 Å². The van der Waals surface area contributed by atoms with E-state index in [4.69, 9.17) is 9.47 Å². The lowest BCUT2D eigenvalue weighted by molar-refractivity contribution is -0.0566. The summed E-state index contributed by atoms with van der Waals surface area (Å²) in [5.74, 6) is 1.63. The average Bonchev–Trinajstić information content (AvgIpc) is 3.27. The largest absolute Gasteiger partial charge is 0.497 e. The number of likely N-dealkylation sites (tertiary alicyclic amines) is 1. The van der Waals surface area contributed by atoms with E-state index >= 15 is 0 Å². The molecule has 30 heavy (non-hydrogen) atoms. The molecule has 2 aliphatic rings. The molecule has 170 valence electrons. The van der Waals surface area contributed by atoms with Crippen molar-refractivity contribution in [2.24, 2.45) is 4.99 Å². The van der Waals surface area contributed by atoms with E-state index in [9.17, 15) is 5.11 Å². The van der Waals surface area contributed by atoms with Crippen LogP contribution < -0.4 is 15.4 Å². The minimum atomic E-state index is -0.762. The molecule has 3 rings (SSSR count). The standard InChI is InChI=1S/C22H36N4O3.HI/c1-3-23-21(25-17-22(27)9-13-29-14-10-22)24-16-20(26-11-4-5-12-26)18-7-6-8-19(15-18)28-2;/h6-8,15,20,27H,3-5,9-14,16-17H2,1-2H3,(H2,23,24,25);1H. The van der Waals surface area contributed by atoms with E-state index in [1.54, 1.807) is 7.11 Å². The van der Waals surface area contributed by atoms with E-state index in [-0.39, 0.29) is 30.0 Å². The summed E-state index contributed by atoms with van der Waals surface area (Å²) in [4.78, 5) is 7.21. The van der Waals surface area contributed by atoms with Crippen molar-refractivity contribution >= 4 is 29.9 Å². The Morgan fingerprint density at radius 2 is 2.00 bits per heavy atom. The first-order valence-corrected chi connectivity index (χ1v) is 10.8. The van der Waals surface area contributed by atoms with Crippen molar-refractivity contribution in [3.63, 3.8) is 0 Å². The van der Waals surface area contributed by atoms with Crippen molar-refractivity contribution in [1.29, 1.82) is 0 Å². The van der Waals surface area contributed by atoms with E-state index in [0.717, 1.165) is 37.9 Å². The number of hydrogen-bond donors (Lipinski definition) is 3. The monoisotopic (exact) mass is 532 g/mol. The predicted octanol–water partition coefficient (Wildman–Crippen LogP) is 2.55. The minimum absolute atomic E-state index is 0. The molecule has 1 aromatic rings. The van der Waals surface area contributed by atoms with Gasteiger partial charge in [0.15, 0.2) is 5.96 Å². The highest BCUT2D eigenvalue weighted by atomic mass is 127. The van der Waals surface area contributed by atoms with E-state index in [1.165, 1.54) is 18.4 Å². The van der Waals surface area contributed by atoms with E-state index in [2.05, 4.69) is 45.6 Å². The number of methoxy groups -OCH3 is 1. The second-order valence-corrected chi connectivity index (χ2v) is 7.95. The third-order valence-electron chi connectivity index (χ3n) is 5.82. The van der Waals surface area contributed by atoms with Gasteiger partial charge in [0, 0.05) is 39.1 Å². The summed E-state index contributed by atoms with van der Waals surface area (Å²) in [5, 5.41) is 17.5. The summed E-state index contributed by atoms with van der Waals surface area (Å²) >= 11 is 0. The predicted molar refractivity (Wildman–Crippen MR) is 131 cm³/mol. The van der Waals surface area contributed by atoms with Crippen LogP contribution in [0.2, 0.25) is 0 Å². The number of ether oxygens (including phenoxy) is 2. The van der Waals surface area contributed by atoms with Crippen LogP contribution >= 0.6 is 24.0 Å². The summed E-state index contributed by atoms with van der Waals surface area (Å²) < 4.78 is 10.8. The molecule has 1 atom stereocenters. The van der Waals surface area contributed by atoms with Gasteiger partial charge in [-0.15, -0.1) is 24.0 Å². The Hall–Kier alpha value is -1.10. The van der Waals surface area contributed by atoms with Crippen LogP contribution in [0.3, 0.4) is 0 Å². The number of nitrogens with zero attached hydrogens (tertiary/aromatic N) is 2. The molecular weight excluding hydrogens is 495 g/mol. The second kappa shape index (κ2) is 12.7. The fourth-order valence-corrected chi connectivity index (χ4v) is 4.03. The van der Waals surface area contributed by atoms with E-state index in [0.29, 0.717) is 32.6 Å². The first-order valence-electron chi connectivity index (χ1n) is 10.8. The molecule has 0 radical (unpaired) electrons. The van der Waals surface area contributed by atoms with Gasteiger partial charge in [-0.05, 0) is 50.6 Å². The van der Waals surface area contributed by atoms with Gasteiger partial charge in [0.25, 0.3) is 0 Å². The molecule has 2 heterocycles. The van der Waals surface area contributed by atoms with E-state index in [1.807, 2.05) is 6.07 Å². The molecule has 0 spiro atoms. The molecule has 0 bridgehead atoms. The number of nitrogens with one attached hydrogen (secondary N) is 2. The zero-order chi connectivity index (χ0) is 20.5. The number of benzene rings is 1. The zero-order valence-electron chi connectivity index (χ0n) is 18.2. The van der Waals surface area contributed by atoms with E-state index < -0.39 is 5.60 Å². The van der Waals surface area contributed by atoms with Crippen LogP contribution in [-0.2, 0) is 4.74 Å². The number of rotatable bonds is 8. The van der Waals surface area contributed by atoms with Crippen molar-refractivity contribution in [2.45, 2.75) is 44.2 Å². The van der Waals surface area contributed by atoms with Gasteiger partial charge < -0.3 is 25.2 Å². The second-order valence-electron chi connectivity index (χ2n) is 7.95. The average molecular weight is 532 g/mol. The van der Waals surface area contributed by atoms with Gasteiger partial charge in [-0.3, -0.25) is 9.89 Å². The smallest absolute Gasteiger partial charge is 0.191 e. The van der Waals surface area contributed by atoms with Crippen LogP contribution in [0.25, 0.3) is 0 Å². The lowest BCUT2D eigenvalue weighted by Gasteiger charge is -2.31. The molecule has 0 aliphatic carbocycles. The van der Waals surface area contributed by atoms with Gasteiger partial charge in [-0.1, -0.05) is 12.1 Å². The highest BCUT2D eigenvalue weighted by Gasteiger charge is 2.30. The number of hydrogen-bond acceptors (Lipinski definition) is 5. The summed E-state index contributed by atoms with van der Waals surface area (Å²) in [7, 11) is 1.71. The van der Waals surface area contributed by atoms with Crippen molar-refractivity contribution in [2.75, 3.05) is 53.0 Å². The fourth-order valence-electron chi connectivity index (χ4n) is 4.03. The van der Waals surface area contributed by atoms with Gasteiger partial charge in [0.2, 0.25) is 0 Å². The Balaban J connectivity index is 0.00000320. The molecule has 7 nitrogen and oxygen atoms in total. The first kappa shape index (κ1) is 25.2. The molecule has 0 saturated carbocycles. The van der Waals surface area contributed by atoms with Crippen LogP contribution in [0, 0.1) is 0 Å². The van der Waals surface area contributed by atoms with Crippen molar-refractivity contribution in [1.82, 2.24) is 15.5 Å². The van der Waals surface area contributed by atoms with Crippen molar-refractivity contribution in [3.8, 4) is 5.75 Å². The summed E-state index contributed by atoms with van der Waals surface area (Å²) in [6, 6.07) is 8.58. The lowest BCUT2D eigenvalue weighted by Crippen LogP contribution is -2.45. The quantitative estimate of drug-likeness (QED) is 0.272. The SMILES string of the molecule is CCNC(=NCC1(O)CCOCC1)NCC(c1cccc(OC)c1)N1CCCC1.I. The molecule has 0 amide bonds. The van der Waals surface area contributed by atoms with Gasteiger partial charge in [0.05, 0.1) is 25.3 Å². The number of aliphatic hydroxyl groups is 1. The van der Waals surface area contributed by atoms with Crippen molar-refractivity contribution in [3.05, 3.63) is 29.8 Å². The molecule has 1 aromatic carbocycles. The lowest BCUT2D eigenvalue weighted by atomic mass is 9.95. The normalized spacial score (nSPS) is 20.3. The maximum Gasteiger partial charge on any atom is 0.191 e. The molecule has 1 unspecified atom stereocenters.